The second-order valence-corrected chi connectivity index (χ2v) is 8.94. The fraction of sp³-hybridized carbons (Fsp3) is 0.111. The number of nitrogens with two attached hydrogens (primary N) is 2. The number of halogens is 1. The first-order valence-corrected chi connectivity index (χ1v) is 12.2. The quantitative estimate of drug-likeness (QED) is 0.300. The highest BCUT2D eigenvalue weighted by atomic mass is 32.1. The molecule has 9 nitrogen and oxygen atoms in total. The van der Waals surface area contributed by atoms with Crippen LogP contribution in [0.3, 0.4) is 0 Å². The Bertz CT molecular complexity index is 1440. The van der Waals surface area contributed by atoms with Gasteiger partial charge in [0.25, 0.3) is 11.8 Å². The Morgan fingerprint density at radius 3 is 2.26 bits per heavy atom. The molecular weight excluding hydrogens is 509 g/mol. The van der Waals surface area contributed by atoms with E-state index in [1.165, 1.54) is 36.3 Å². The second kappa shape index (κ2) is 11.5. The van der Waals surface area contributed by atoms with Gasteiger partial charge >= 0.3 is 0 Å². The van der Waals surface area contributed by atoms with Gasteiger partial charge in [-0.2, -0.15) is 4.37 Å². The van der Waals surface area contributed by atoms with Gasteiger partial charge in [-0.1, -0.05) is 42.5 Å². The third-order valence-electron chi connectivity index (χ3n) is 5.73. The number of hydrogen-bond acceptors (Lipinski definition) is 7. The van der Waals surface area contributed by atoms with E-state index in [4.69, 9.17) is 16.2 Å². The predicted octanol–water partition coefficient (Wildman–Crippen LogP) is 3.68. The summed E-state index contributed by atoms with van der Waals surface area (Å²) in [6.45, 7) is 0.191. The van der Waals surface area contributed by atoms with E-state index in [0.717, 1.165) is 5.56 Å². The van der Waals surface area contributed by atoms with Gasteiger partial charge in [0.2, 0.25) is 5.91 Å². The Morgan fingerprint density at radius 2 is 1.68 bits per heavy atom. The number of carbonyl (C=O) groups excluding carboxylic acids is 3. The Hall–Kier alpha value is -4.77. The van der Waals surface area contributed by atoms with Crippen molar-refractivity contribution in [3.63, 3.8) is 0 Å². The third kappa shape index (κ3) is 5.62. The summed E-state index contributed by atoms with van der Waals surface area (Å²) >= 11 is 0.697. The topological polar surface area (TPSA) is 141 Å². The van der Waals surface area contributed by atoms with Crippen molar-refractivity contribution in [2.75, 3.05) is 17.7 Å². The molecule has 0 fully saturated rings. The number of hydrogen-bond donors (Lipinski definition) is 3. The van der Waals surface area contributed by atoms with E-state index in [-0.39, 0.29) is 22.8 Å². The minimum absolute atomic E-state index is 0.0717. The van der Waals surface area contributed by atoms with Crippen molar-refractivity contribution in [3.05, 3.63) is 106 Å². The van der Waals surface area contributed by atoms with Gasteiger partial charge in [-0.25, -0.2) is 4.39 Å². The van der Waals surface area contributed by atoms with Crippen LogP contribution in [0.5, 0.6) is 5.75 Å². The monoisotopic (exact) mass is 533 g/mol. The lowest BCUT2D eigenvalue weighted by atomic mass is 10.0. The van der Waals surface area contributed by atoms with Crippen LogP contribution in [0, 0.1) is 5.82 Å². The lowest BCUT2D eigenvalue weighted by molar-refractivity contribution is -0.122. The van der Waals surface area contributed by atoms with Gasteiger partial charge < -0.3 is 21.5 Å². The molecule has 1 heterocycles. The summed E-state index contributed by atoms with van der Waals surface area (Å²) in [4.78, 5) is 40.6. The molecule has 1 atom stereocenters. The molecule has 194 valence electrons. The van der Waals surface area contributed by atoms with E-state index in [2.05, 4.69) is 9.69 Å². The molecule has 4 aromatic rings. The lowest BCUT2D eigenvalue weighted by Gasteiger charge is -2.31. The molecule has 38 heavy (non-hydrogen) atoms. The van der Waals surface area contributed by atoms with Crippen molar-refractivity contribution < 1.29 is 23.5 Å². The van der Waals surface area contributed by atoms with Crippen molar-refractivity contribution in [1.29, 1.82) is 0 Å². The number of nitrogen functional groups attached to an aromatic ring is 1. The molecule has 0 unspecified atom stereocenters. The van der Waals surface area contributed by atoms with E-state index >= 15 is 0 Å². The van der Waals surface area contributed by atoms with Gasteiger partial charge in [-0.3, -0.25) is 19.3 Å². The predicted molar refractivity (Wildman–Crippen MR) is 142 cm³/mol. The second-order valence-electron chi connectivity index (χ2n) is 8.17. The lowest BCUT2D eigenvalue weighted by Crippen LogP contribution is -2.44. The molecule has 3 aromatic carbocycles. The maximum atomic E-state index is 14.0. The van der Waals surface area contributed by atoms with Crippen molar-refractivity contribution in [3.8, 4) is 5.75 Å². The molecular formula is C27H24FN5O4S. The molecule has 0 spiro atoms. The number of anilines is 2. The molecule has 0 radical (unpaired) electrons. The van der Waals surface area contributed by atoms with E-state index in [0.29, 0.717) is 28.5 Å². The van der Waals surface area contributed by atoms with Crippen LogP contribution in [0.4, 0.5) is 15.8 Å². The number of rotatable bonds is 9. The minimum atomic E-state index is -1.24. The summed E-state index contributed by atoms with van der Waals surface area (Å²) in [6, 6.07) is 19.7. The number of aromatic nitrogens is 1. The number of carbonyl (C=O) groups is 3. The maximum absolute atomic E-state index is 14.0. The number of nitrogens with one attached hydrogen (secondary N) is 1. The highest BCUT2D eigenvalue weighted by Crippen LogP contribution is 2.34. The van der Waals surface area contributed by atoms with Crippen LogP contribution in [0.15, 0.2) is 78.9 Å². The summed E-state index contributed by atoms with van der Waals surface area (Å²) in [7, 11) is 1.50. The Balaban J connectivity index is 1.82. The molecule has 0 aliphatic carbocycles. The standard InChI is InChI=1S/C27H24FN5O4S/c1-37-20-13-11-19(12-14-20)33(27(36)24-21(29)22(25(30)34)32-38-24)23(17-7-9-18(28)10-8-17)26(35)31-15-16-5-3-2-4-6-16/h2-14,23H,15,29H2,1H3,(H2,30,34)(H,31,35)/t23-/m1/s1. The molecule has 11 heteroatoms. The van der Waals surface area contributed by atoms with Crippen LogP contribution in [0.1, 0.15) is 37.3 Å². The van der Waals surface area contributed by atoms with Crippen molar-refractivity contribution >= 4 is 40.6 Å². The van der Waals surface area contributed by atoms with Crippen molar-refractivity contribution in [1.82, 2.24) is 9.69 Å². The summed E-state index contributed by atoms with van der Waals surface area (Å²) in [5, 5.41) is 2.86. The first-order valence-electron chi connectivity index (χ1n) is 11.4. The normalized spacial score (nSPS) is 11.4. The van der Waals surface area contributed by atoms with Crippen LogP contribution in [-0.4, -0.2) is 29.2 Å². The SMILES string of the molecule is COc1ccc(N(C(=O)c2snc(C(N)=O)c2N)[C@@H](C(=O)NCc2ccccc2)c2ccc(F)cc2)cc1. The molecule has 3 amide bonds. The summed E-state index contributed by atoms with van der Waals surface area (Å²) in [5.74, 6) is -2.08. The summed E-state index contributed by atoms with van der Waals surface area (Å²) in [6.07, 6.45) is 0. The first kappa shape index (κ1) is 26.3. The van der Waals surface area contributed by atoms with E-state index < -0.39 is 29.6 Å². The van der Waals surface area contributed by atoms with E-state index in [1.807, 2.05) is 30.3 Å². The number of nitrogens with zero attached hydrogens (tertiary/aromatic N) is 2. The van der Waals surface area contributed by atoms with E-state index in [1.54, 1.807) is 24.3 Å². The fourth-order valence-electron chi connectivity index (χ4n) is 3.81. The minimum Gasteiger partial charge on any atom is -0.497 e. The van der Waals surface area contributed by atoms with Crippen LogP contribution in [0.25, 0.3) is 0 Å². The van der Waals surface area contributed by atoms with Gasteiger partial charge in [-0.15, -0.1) is 0 Å². The Kier molecular flexibility index (Phi) is 7.97. The molecule has 0 saturated carbocycles. The zero-order valence-electron chi connectivity index (χ0n) is 20.3. The summed E-state index contributed by atoms with van der Waals surface area (Å²) < 4.78 is 23.0. The number of methoxy groups -OCH3 is 1. The average molecular weight is 534 g/mol. The summed E-state index contributed by atoms with van der Waals surface area (Å²) in [5.41, 5.74) is 12.5. The smallest absolute Gasteiger partial charge is 0.273 e. The van der Waals surface area contributed by atoms with Gasteiger partial charge in [0.05, 0.1) is 12.8 Å². The van der Waals surface area contributed by atoms with Gasteiger partial charge in [0.15, 0.2) is 5.69 Å². The maximum Gasteiger partial charge on any atom is 0.273 e. The zero-order chi connectivity index (χ0) is 27.2. The van der Waals surface area contributed by atoms with Crippen LogP contribution in [-0.2, 0) is 11.3 Å². The molecule has 0 aliphatic heterocycles. The molecule has 0 saturated heterocycles. The van der Waals surface area contributed by atoms with Crippen molar-refractivity contribution in [2.24, 2.45) is 5.73 Å². The van der Waals surface area contributed by atoms with Gasteiger partial charge in [0, 0.05) is 12.2 Å². The Labute approximate surface area is 222 Å². The number of amides is 3. The van der Waals surface area contributed by atoms with E-state index in [9.17, 15) is 18.8 Å². The van der Waals surface area contributed by atoms with Crippen LogP contribution < -0.4 is 26.4 Å². The van der Waals surface area contributed by atoms with Crippen LogP contribution >= 0.6 is 11.5 Å². The van der Waals surface area contributed by atoms with Gasteiger partial charge in [0.1, 0.15) is 22.5 Å². The van der Waals surface area contributed by atoms with Crippen molar-refractivity contribution in [2.45, 2.75) is 12.6 Å². The van der Waals surface area contributed by atoms with Crippen LogP contribution in [0.2, 0.25) is 0 Å². The highest BCUT2D eigenvalue weighted by molar-refractivity contribution is 7.09. The first-order chi connectivity index (χ1) is 18.3. The molecule has 0 aliphatic rings. The molecule has 5 N–H and O–H groups in total. The molecule has 4 rings (SSSR count). The number of ether oxygens (including phenoxy) is 1. The number of primary amides is 1. The fourth-order valence-corrected chi connectivity index (χ4v) is 4.55. The zero-order valence-corrected chi connectivity index (χ0v) is 21.1. The number of benzene rings is 3. The highest BCUT2D eigenvalue weighted by Gasteiger charge is 2.36. The third-order valence-corrected chi connectivity index (χ3v) is 6.58. The largest absolute Gasteiger partial charge is 0.497 e. The molecule has 1 aromatic heterocycles. The Morgan fingerprint density at radius 1 is 1.03 bits per heavy atom. The van der Waals surface area contributed by atoms with Gasteiger partial charge in [-0.05, 0) is 59.1 Å². The average Bonchev–Trinajstić information content (AvgIpc) is 3.33. The molecule has 0 bridgehead atoms.